The van der Waals surface area contributed by atoms with Crippen molar-refractivity contribution >= 4 is 27.5 Å². The number of amides is 1. The Morgan fingerprint density at radius 2 is 1.71 bits per heavy atom. The van der Waals surface area contributed by atoms with Crippen molar-refractivity contribution in [2.45, 2.75) is 11.8 Å². The van der Waals surface area contributed by atoms with E-state index in [4.69, 9.17) is 4.74 Å². The highest BCUT2D eigenvalue weighted by Crippen LogP contribution is 2.31. The van der Waals surface area contributed by atoms with E-state index in [2.05, 4.69) is 21.2 Å². The lowest BCUT2D eigenvalue weighted by molar-refractivity contribution is -0.119. The van der Waals surface area contributed by atoms with Crippen molar-refractivity contribution in [3.8, 4) is 5.75 Å². The number of hydrogen-bond acceptors (Lipinski definition) is 2. The van der Waals surface area contributed by atoms with Crippen molar-refractivity contribution in [3.63, 3.8) is 0 Å². The first-order valence-corrected chi connectivity index (χ1v) is 7.67. The summed E-state index contributed by atoms with van der Waals surface area (Å²) in [5, 5.41) is 2.92. The predicted molar refractivity (Wildman–Crippen MR) is 88.9 cm³/mol. The molecule has 0 saturated heterocycles. The number of halogens is 1. The predicted octanol–water partition coefficient (Wildman–Crippen LogP) is 4.41. The maximum atomic E-state index is 12.3. The third kappa shape index (κ3) is 4.08. The zero-order chi connectivity index (χ0) is 15.2. The zero-order valence-corrected chi connectivity index (χ0v) is 13.6. The standard InChI is InChI=1S/C17H18BrNO2/c1-12(16(18)13-6-4-3-5-7-13)17(20)19-14-8-10-15(21-2)11-9-14/h3-12,16H,1-2H3,(H,19,20)/t12-,16-/m0/s1. The minimum Gasteiger partial charge on any atom is -0.497 e. The van der Waals surface area contributed by atoms with Crippen LogP contribution in [0.2, 0.25) is 0 Å². The number of nitrogens with one attached hydrogen (secondary N) is 1. The molecular weight excluding hydrogens is 330 g/mol. The van der Waals surface area contributed by atoms with Gasteiger partial charge < -0.3 is 10.1 Å². The third-order valence-corrected chi connectivity index (χ3v) is 4.65. The first-order chi connectivity index (χ1) is 10.1. The fourth-order valence-corrected chi connectivity index (χ4v) is 2.53. The Morgan fingerprint density at radius 1 is 1.10 bits per heavy atom. The Bertz CT molecular complexity index is 583. The summed E-state index contributed by atoms with van der Waals surface area (Å²) in [5.41, 5.74) is 1.86. The van der Waals surface area contributed by atoms with Gasteiger partial charge in [-0.05, 0) is 29.8 Å². The molecule has 0 aliphatic heterocycles. The van der Waals surface area contributed by atoms with Crippen LogP contribution in [-0.4, -0.2) is 13.0 Å². The Balaban J connectivity index is 2.01. The first-order valence-electron chi connectivity index (χ1n) is 6.75. The zero-order valence-electron chi connectivity index (χ0n) is 12.0. The van der Waals surface area contributed by atoms with Crippen LogP contribution in [0.5, 0.6) is 5.75 Å². The molecular formula is C17H18BrNO2. The van der Waals surface area contributed by atoms with E-state index in [1.165, 1.54) is 0 Å². The number of methoxy groups -OCH3 is 1. The van der Waals surface area contributed by atoms with Crippen LogP contribution >= 0.6 is 15.9 Å². The van der Waals surface area contributed by atoms with Gasteiger partial charge in [-0.2, -0.15) is 0 Å². The molecule has 0 bridgehead atoms. The molecule has 1 amide bonds. The highest BCUT2D eigenvalue weighted by atomic mass is 79.9. The van der Waals surface area contributed by atoms with E-state index in [1.807, 2.05) is 61.5 Å². The van der Waals surface area contributed by atoms with Crippen LogP contribution < -0.4 is 10.1 Å². The van der Waals surface area contributed by atoms with Gasteiger partial charge in [0.15, 0.2) is 0 Å². The second-order valence-corrected chi connectivity index (χ2v) is 5.81. The number of carbonyl (C=O) groups excluding carboxylic acids is 1. The molecule has 0 fully saturated rings. The van der Waals surface area contributed by atoms with Gasteiger partial charge in [0.05, 0.1) is 17.9 Å². The molecule has 4 heteroatoms. The van der Waals surface area contributed by atoms with Crippen LogP contribution in [-0.2, 0) is 4.79 Å². The average Bonchev–Trinajstić information content (AvgIpc) is 2.55. The molecule has 2 rings (SSSR count). The van der Waals surface area contributed by atoms with Crippen LogP contribution in [0.25, 0.3) is 0 Å². The third-order valence-electron chi connectivity index (χ3n) is 3.33. The number of hydrogen-bond donors (Lipinski definition) is 1. The summed E-state index contributed by atoms with van der Waals surface area (Å²) in [5.74, 6) is 0.559. The van der Waals surface area contributed by atoms with Gasteiger partial charge in [0.2, 0.25) is 5.91 Å². The first kappa shape index (κ1) is 15.6. The largest absolute Gasteiger partial charge is 0.497 e. The number of rotatable bonds is 5. The molecule has 2 atom stereocenters. The summed E-state index contributed by atoms with van der Waals surface area (Å²) in [4.78, 5) is 12.3. The maximum absolute atomic E-state index is 12.3. The van der Waals surface area contributed by atoms with Gasteiger partial charge in [0.1, 0.15) is 5.75 Å². The van der Waals surface area contributed by atoms with E-state index in [1.54, 1.807) is 7.11 Å². The Kier molecular flexibility index (Phi) is 5.39. The Morgan fingerprint density at radius 3 is 2.29 bits per heavy atom. The van der Waals surface area contributed by atoms with Crippen LogP contribution in [0, 0.1) is 5.92 Å². The summed E-state index contributed by atoms with van der Waals surface area (Å²) in [6.45, 7) is 1.91. The van der Waals surface area contributed by atoms with Gasteiger partial charge >= 0.3 is 0 Å². The van der Waals surface area contributed by atoms with Crippen LogP contribution in [0.3, 0.4) is 0 Å². The summed E-state index contributed by atoms with van der Waals surface area (Å²) in [7, 11) is 1.62. The average molecular weight is 348 g/mol. The van der Waals surface area contributed by atoms with Gasteiger partial charge in [-0.25, -0.2) is 0 Å². The lowest BCUT2D eigenvalue weighted by Crippen LogP contribution is -2.23. The molecule has 3 nitrogen and oxygen atoms in total. The SMILES string of the molecule is COc1ccc(NC(=O)[C@@H](C)[C@H](Br)c2ccccc2)cc1. The molecule has 0 aromatic heterocycles. The van der Waals surface area contributed by atoms with Crippen molar-refractivity contribution in [3.05, 3.63) is 60.2 Å². The quantitative estimate of drug-likeness (QED) is 0.813. The van der Waals surface area contributed by atoms with Crippen LogP contribution in [0.4, 0.5) is 5.69 Å². The molecule has 2 aromatic rings. The monoisotopic (exact) mass is 347 g/mol. The van der Waals surface area contributed by atoms with E-state index in [9.17, 15) is 4.79 Å². The maximum Gasteiger partial charge on any atom is 0.228 e. The van der Waals surface area contributed by atoms with Crippen molar-refractivity contribution in [2.24, 2.45) is 5.92 Å². The molecule has 0 radical (unpaired) electrons. The molecule has 110 valence electrons. The topological polar surface area (TPSA) is 38.3 Å². The number of ether oxygens (including phenoxy) is 1. The highest BCUT2D eigenvalue weighted by molar-refractivity contribution is 9.09. The van der Waals surface area contributed by atoms with Gasteiger partial charge in [-0.1, -0.05) is 53.2 Å². The van der Waals surface area contributed by atoms with Crippen molar-refractivity contribution < 1.29 is 9.53 Å². The smallest absolute Gasteiger partial charge is 0.228 e. The number of benzene rings is 2. The second kappa shape index (κ2) is 7.27. The molecule has 0 aliphatic rings. The van der Waals surface area contributed by atoms with Gasteiger partial charge in [-0.15, -0.1) is 0 Å². The Labute approximate surface area is 133 Å². The van der Waals surface area contributed by atoms with E-state index < -0.39 is 0 Å². The number of carbonyl (C=O) groups is 1. The molecule has 0 unspecified atom stereocenters. The summed E-state index contributed by atoms with van der Waals surface area (Å²) in [6.07, 6.45) is 0. The van der Waals surface area contributed by atoms with Gasteiger partial charge in [0.25, 0.3) is 0 Å². The van der Waals surface area contributed by atoms with E-state index in [-0.39, 0.29) is 16.7 Å². The minimum atomic E-state index is -0.186. The van der Waals surface area contributed by atoms with Crippen LogP contribution in [0.15, 0.2) is 54.6 Å². The van der Waals surface area contributed by atoms with Crippen molar-refractivity contribution in [1.82, 2.24) is 0 Å². The second-order valence-electron chi connectivity index (χ2n) is 4.82. The fraction of sp³-hybridized carbons (Fsp3) is 0.235. The molecule has 0 heterocycles. The summed E-state index contributed by atoms with van der Waals surface area (Å²) >= 11 is 3.61. The van der Waals surface area contributed by atoms with Crippen molar-refractivity contribution in [1.29, 1.82) is 0 Å². The number of alkyl halides is 1. The minimum absolute atomic E-state index is 0.0167. The lowest BCUT2D eigenvalue weighted by Gasteiger charge is -2.18. The van der Waals surface area contributed by atoms with E-state index in [0.717, 1.165) is 17.0 Å². The molecule has 0 spiro atoms. The highest BCUT2D eigenvalue weighted by Gasteiger charge is 2.23. The summed E-state index contributed by atoms with van der Waals surface area (Å²) < 4.78 is 5.10. The molecule has 1 N–H and O–H groups in total. The number of anilines is 1. The molecule has 0 saturated carbocycles. The van der Waals surface area contributed by atoms with E-state index in [0.29, 0.717) is 0 Å². The van der Waals surface area contributed by atoms with Gasteiger partial charge in [0, 0.05) is 5.69 Å². The van der Waals surface area contributed by atoms with Crippen molar-refractivity contribution in [2.75, 3.05) is 12.4 Å². The molecule has 2 aromatic carbocycles. The Hall–Kier alpha value is -1.81. The molecule has 21 heavy (non-hydrogen) atoms. The fourth-order valence-electron chi connectivity index (χ4n) is 1.99. The summed E-state index contributed by atoms with van der Waals surface area (Å²) in [6, 6.07) is 17.2. The van der Waals surface area contributed by atoms with Crippen LogP contribution in [0.1, 0.15) is 17.3 Å². The lowest BCUT2D eigenvalue weighted by atomic mass is 10.00. The van der Waals surface area contributed by atoms with Gasteiger partial charge in [-0.3, -0.25) is 4.79 Å². The molecule has 0 aliphatic carbocycles. The van der Waals surface area contributed by atoms with E-state index >= 15 is 0 Å². The normalized spacial score (nSPS) is 13.3.